The minimum absolute atomic E-state index is 0.0401. The Kier molecular flexibility index (Phi) is 7.89. The van der Waals surface area contributed by atoms with Crippen molar-refractivity contribution in [2.45, 2.75) is 26.4 Å². The highest BCUT2D eigenvalue weighted by atomic mass is 35.5. The molecular weight excluding hydrogens is 496 g/mol. The second-order valence-electron chi connectivity index (χ2n) is 8.17. The van der Waals surface area contributed by atoms with Crippen LogP contribution in [0.15, 0.2) is 72.4 Å². The average molecular weight is 521 g/mol. The van der Waals surface area contributed by atoms with Gasteiger partial charge in [0.15, 0.2) is 0 Å². The molecule has 37 heavy (non-hydrogen) atoms. The van der Waals surface area contributed by atoms with Gasteiger partial charge in [0.05, 0.1) is 35.1 Å². The Bertz CT molecular complexity index is 1350. The van der Waals surface area contributed by atoms with Gasteiger partial charge in [0.1, 0.15) is 17.6 Å². The Labute approximate surface area is 219 Å². The second-order valence-corrected chi connectivity index (χ2v) is 8.58. The van der Waals surface area contributed by atoms with Crippen LogP contribution in [0.4, 0.5) is 0 Å². The molecule has 1 unspecified atom stereocenters. The number of carbonyl (C=O) groups excluding carboxylic acids is 3. The van der Waals surface area contributed by atoms with Crippen molar-refractivity contribution < 1.29 is 29.0 Å². The molecule has 9 heteroatoms. The van der Waals surface area contributed by atoms with E-state index in [1.807, 2.05) is 6.92 Å². The van der Waals surface area contributed by atoms with Crippen molar-refractivity contribution in [1.29, 1.82) is 0 Å². The molecule has 1 aliphatic rings. The molecule has 1 atom stereocenters. The topological polar surface area (TPSA) is 106 Å². The predicted octanol–water partition coefficient (Wildman–Crippen LogP) is 4.93. The van der Waals surface area contributed by atoms with Crippen LogP contribution >= 0.6 is 11.6 Å². The number of aliphatic hydroxyl groups is 1. The fraction of sp³-hybridized carbons (Fsp3) is 0.214. The smallest absolute Gasteiger partial charge is 0.338 e. The van der Waals surface area contributed by atoms with Gasteiger partial charge in [0.2, 0.25) is 0 Å². The zero-order chi connectivity index (χ0) is 26.5. The summed E-state index contributed by atoms with van der Waals surface area (Å²) in [6.07, 6.45) is 1.55. The van der Waals surface area contributed by atoms with Crippen LogP contribution in [-0.2, 0) is 20.9 Å². The minimum atomic E-state index is -0.960. The molecule has 8 nitrogen and oxygen atoms in total. The summed E-state index contributed by atoms with van der Waals surface area (Å²) in [5.74, 6) is -2.05. The number of hydrogen-bond acceptors (Lipinski definition) is 7. The molecule has 1 fully saturated rings. The monoisotopic (exact) mass is 520 g/mol. The van der Waals surface area contributed by atoms with Gasteiger partial charge in [-0.2, -0.15) is 0 Å². The normalized spacial score (nSPS) is 16.6. The Hall–Kier alpha value is -4.17. The number of likely N-dealkylation sites (tertiary alicyclic amines) is 1. The number of ether oxygens (including phenoxy) is 2. The number of aliphatic hydroxyl groups excluding tert-OH is 1. The molecule has 0 aliphatic carbocycles. The first-order valence-electron chi connectivity index (χ1n) is 11.7. The molecule has 1 aliphatic heterocycles. The number of ketones is 1. The third-order valence-electron chi connectivity index (χ3n) is 5.83. The van der Waals surface area contributed by atoms with Crippen LogP contribution in [0.1, 0.15) is 47.1 Å². The summed E-state index contributed by atoms with van der Waals surface area (Å²) in [7, 11) is 0. The number of rotatable bonds is 8. The summed E-state index contributed by atoms with van der Waals surface area (Å²) >= 11 is 6.36. The Balaban J connectivity index is 1.77. The van der Waals surface area contributed by atoms with Gasteiger partial charge in [-0.25, -0.2) is 4.79 Å². The summed E-state index contributed by atoms with van der Waals surface area (Å²) in [6.45, 7) is 4.24. The van der Waals surface area contributed by atoms with E-state index in [0.717, 1.165) is 0 Å². The van der Waals surface area contributed by atoms with E-state index in [0.29, 0.717) is 29.2 Å². The van der Waals surface area contributed by atoms with Crippen molar-refractivity contribution in [2.75, 3.05) is 13.2 Å². The van der Waals surface area contributed by atoms with Crippen LogP contribution in [0.5, 0.6) is 5.75 Å². The van der Waals surface area contributed by atoms with Gasteiger partial charge in [0.25, 0.3) is 11.7 Å². The molecule has 0 spiro atoms. The van der Waals surface area contributed by atoms with Crippen molar-refractivity contribution in [2.24, 2.45) is 0 Å². The van der Waals surface area contributed by atoms with E-state index in [1.165, 1.54) is 11.0 Å². The zero-order valence-corrected chi connectivity index (χ0v) is 21.1. The van der Waals surface area contributed by atoms with Crippen molar-refractivity contribution in [3.05, 3.63) is 99.8 Å². The number of benzene rings is 2. The van der Waals surface area contributed by atoms with Gasteiger partial charge in [-0.3, -0.25) is 14.6 Å². The SMILES string of the molecule is CCOC(=O)c1ccc(CN2C(=O)C(=O)/C(=C(/O)c3cc(OCC)ccc3Cl)C2c2ccccn2)cc1. The van der Waals surface area contributed by atoms with Gasteiger partial charge in [-0.1, -0.05) is 29.8 Å². The molecule has 4 rings (SSSR count). The van der Waals surface area contributed by atoms with Gasteiger partial charge in [-0.05, 0) is 61.9 Å². The molecule has 3 aromatic rings. The summed E-state index contributed by atoms with van der Waals surface area (Å²) < 4.78 is 10.5. The van der Waals surface area contributed by atoms with Crippen LogP contribution < -0.4 is 4.74 Å². The number of halogens is 1. The lowest BCUT2D eigenvalue weighted by atomic mass is 9.98. The van der Waals surface area contributed by atoms with Crippen LogP contribution in [-0.4, -0.2) is 45.9 Å². The second kappa shape index (κ2) is 11.3. The number of carbonyl (C=O) groups is 3. The minimum Gasteiger partial charge on any atom is -0.507 e. The number of esters is 1. The molecule has 1 saturated heterocycles. The fourth-order valence-electron chi connectivity index (χ4n) is 4.13. The van der Waals surface area contributed by atoms with Crippen molar-refractivity contribution in [3.8, 4) is 5.75 Å². The lowest BCUT2D eigenvalue weighted by molar-refractivity contribution is -0.140. The van der Waals surface area contributed by atoms with Crippen molar-refractivity contribution >= 4 is 35.0 Å². The number of aromatic nitrogens is 1. The average Bonchev–Trinajstić information content (AvgIpc) is 3.15. The standard InChI is InChI=1S/C28H25ClN2O6/c1-3-36-19-12-13-21(29)20(15-19)25(32)23-24(22-7-5-6-14-30-22)31(27(34)26(23)33)16-17-8-10-18(11-9-17)28(35)37-4-2/h5-15,24,32H,3-4,16H2,1-2H3/b25-23+. The summed E-state index contributed by atoms with van der Waals surface area (Å²) in [6, 6.07) is 15.5. The molecule has 1 aromatic heterocycles. The highest BCUT2D eigenvalue weighted by molar-refractivity contribution is 6.46. The van der Waals surface area contributed by atoms with Gasteiger partial charge in [0, 0.05) is 18.3 Å². The quantitative estimate of drug-likeness (QED) is 0.194. The maximum Gasteiger partial charge on any atom is 0.338 e. The number of Topliss-reactive ketones (excluding diaryl/α,β-unsaturated/α-hetero) is 1. The highest BCUT2D eigenvalue weighted by Crippen LogP contribution is 2.41. The Morgan fingerprint density at radius 1 is 1.05 bits per heavy atom. The Morgan fingerprint density at radius 2 is 1.81 bits per heavy atom. The van der Waals surface area contributed by atoms with Gasteiger partial charge in [-0.15, -0.1) is 0 Å². The number of nitrogens with zero attached hydrogens (tertiary/aromatic N) is 2. The van der Waals surface area contributed by atoms with Gasteiger partial charge < -0.3 is 19.5 Å². The molecule has 1 amide bonds. The van der Waals surface area contributed by atoms with E-state index in [2.05, 4.69) is 4.98 Å². The molecule has 190 valence electrons. The van der Waals surface area contributed by atoms with Gasteiger partial charge >= 0.3 is 5.97 Å². The van der Waals surface area contributed by atoms with E-state index in [-0.39, 0.29) is 29.3 Å². The molecule has 0 saturated carbocycles. The lowest BCUT2D eigenvalue weighted by Crippen LogP contribution is -2.29. The third kappa shape index (κ3) is 5.34. The molecular formula is C28H25ClN2O6. The fourth-order valence-corrected chi connectivity index (χ4v) is 4.34. The number of pyridine rings is 1. The van der Waals surface area contributed by atoms with E-state index in [1.54, 1.807) is 67.7 Å². The lowest BCUT2D eigenvalue weighted by Gasteiger charge is -2.24. The highest BCUT2D eigenvalue weighted by Gasteiger charge is 2.47. The van der Waals surface area contributed by atoms with Crippen LogP contribution in [0.2, 0.25) is 5.02 Å². The summed E-state index contributed by atoms with van der Waals surface area (Å²) in [5.41, 5.74) is 1.50. The van der Waals surface area contributed by atoms with Crippen molar-refractivity contribution in [3.63, 3.8) is 0 Å². The number of amides is 1. The molecule has 0 bridgehead atoms. The zero-order valence-electron chi connectivity index (χ0n) is 20.3. The van der Waals surface area contributed by atoms with E-state index >= 15 is 0 Å². The first-order chi connectivity index (χ1) is 17.8. The van der Waals surface area contributed by atoms with Crippen LogP contribution in [0, 0.1) is 0 Å². The van der Waals surface area contributed by atoms with E-state index < -0.39 is 29.5 Å². The summed E-state index contributed by atoms with van der Waals surface area (Å²) in [5, 5.41) is 11.5. The first-order valence-corrected chi connectivity index (χ1v) is 12.1. The van der Waals surface area contributed by atoms with E-state index in [4.69, 9.17) is 21.1 Å². The van der Waals surface area contributed by atoms with Crippen LogP contribution in [0.3, 0.4) is 0 Å². The predicted molar refractivity (Wildman–Crippen MR) is 137 cm³/mol. The van der Waals surface area contributed by atoms with E-state index in [9.17, 15) is 19.5 Å². The maximum absolute atomic E-state index is 13.3. The maximum atomic E-state index is 13.3. The largest absolute Gasteiger partial charge is 0.507 e. The first kappa shape index (κ1) is 25.9. The molecule has 2 heterocycles. The number of hydrogen-bond donors (Lipinski definition) is 1. The van der Waals surface area contributed by atoms with Crippen molar-refractivity contribution in [1.82, 2.24) is 9.88 Å². The molecule has 0 radical (unpaired) electrons. The molecule has 2 aromatic carbocycles. The van der Waals surface area contributed by atoms with Crippen LogP contribution in [0.25, 0.3) is 5.76 Å². The molecule has 1 N–H and O–H groups in total. The summed E-state index contributed by atoms with van der Waals surface area (Å²) in [4.78, 5) is 44.2. The third-order valence-corrected chi connectivity index (χ3v) is 6.16. The Morgan fingerprint density at radius 3 is 2.46 bits per heavy atom.